The van der Waals surface area contributed by atoms with Crippen molar-refractivity contribution in [3.05, 3.63) is 58.1 Å². The number of ether oxygens (including phenoxy) is 1. The third-order valence-electron chi connectivity index (χ3n) is 2.90. The van der Waals surface area contributed by atoms with Gasteiger partial charge in [-0.15, -0.1) is 0 Å². The zero-order valence-electron chi connectivity index (χ0n) is 12.3. The molecule has 0 fully saturated rings. The Balaban J connectivity index is 2.02. The van der Waals surface area contributed by atoms with Crippen molar-refractivity contribution in [2.45, 2.75) is 6.61 Å². The average molecular weight is 339 g/mol. The van der Waals surface area contributed by atoms with Crippen molar-refractivity contribution in [1.29, 1.82) is 0 Å². The first kappa shape index (κ1) is 16.5. The molecule has 0 aromatic heterocycles. The fourth-order valence-electron chi connectivity index (χ4n) is 1.70. The molecular weight excluding hydrogens is 323 g/mol. The maximum Gasteiger partial charge on any atom is 0.321 e. The number of urea groups is 1. The molecular formula is C16H16Cl2N2O2. The molecule has 0 saturated heterocycles. The van der Waals surface area contributed by atoms with E-state index in [1.165, 1.54) is 4.90 Å². The third kappa shape index (κ3) is 4.55. The molecule has 2 aromatic carbocycles. The lowest BCUT2D eigenvalue weighted by Crippen LogP contribution is -2.27. The SMILES string of the molecule is CN(C)C(=O)Nc1cccc(OCc2ccc(Cl)cc2Cl)c1. The Hall–Kier alpha value is -1.91. The van der Waals surface area contributed by atoms with Crippen LogP contribution in [0.15, 0.2) is 42.5 Å². The molecule has 0 aliphatic rings. The number of hydrogen-bond donors (Lipinski definition) is 1. The molecule has 0 radical (unpaired) electrons. The highest BCUT2D eigenvalue weighted by atomic mass is 35.5. The van der Waals surface area contributed by atoms with Crippen molar-refractivity contribution in [1.82, 2.24) is 4.90 Å². The van der Waals surface area contributed by atoms with Crippen molar-refractivity contribution in [2.75, 3.05) is 19.4 Å². The Bertz CT molecular complexity index is 675. The van der Waals surface area contributed by atoms with Gasteiger partial charge in [0.05, 0.1) is 0 Å². The van der Waals surface area contributed by atoms with E-state index in [9.17, 15) is 4.79 Å². The van der Waals surface area contributed by atoms with Crippen molar-refractivity contribution < 1.29 is 9.53 Å². The second-order valence-corrected chi connectivity index (χ2v) is 5.72. The van der Waals surface area contributed by atoms with Gasteiger partial charge in [0.2, 0.25) is 0 Å². The Labute approximate surface area is 139 Å². The van der Waals surface area contributed by atoms with E-state index in [0.29, 0.717) is 28.1 Å². The van der Waals surface area contributed by atoms with Crippen LogP contribution in [0.5, 0.6) is 5.75 Å². The van der Waals surface area contributed by atoms with Gasteiger partial charge in [0.25, 0.3) is 0 Å². The first-order valence-corrected chi connectivity index (χ1v) is 7.36. The molecule has 0 bridgehead atoms. The average Bonchev–Trinajstić information content (AvgIpc) is 2.46. The fourth-order valence-corrected chi connectivity index (χ4v) is 2.16. The van der Waals surface area contributed by atoms with Gasteiger partial charge in [-0.1, -0.05) is 35.3 Å². The first-order chi connectivity index (χ1) is 10.5. The summed E-state index contributed by atoms with van der Waals surface area (Å²) in [6, 6.07) is 12.2. The zero-order chi connectivity index (χ0) is 16.1. The molecule has 6 heteroatoms. The molecule has 2 rings (SSSR count). The molecule has 116 valence electrons. The molecule has 2 amide bonds. The third-order valence-corrected chi connectivity index (χ3v) is 3.49. The molecule has 1 N–H and O–H groups in total. The Morgan fingerprint density at radius 1 is 1.18 bits per heavy atom. The standard InChI is InChI=1S/C16H16Cl2N2O2/c1-20(2)16(21)19-13-4-3-5-14(9-13)22-10-11-6-7-12(17)8-15(11)18/h3-9H,10H2,1-2H3,(H,19,21). The summed E-state index contributed by atoms with van der Waals surface area (Å²) < 4.78 is 5.70. The predicted molar refractivity (Wildman–Crippen MR) is 89.9 cm³/mol. The number of amides is 2. The molecule has 22 heavy (non-hydrogen) atoms. The molecule has 4 nitrogen and oxygen atoms in total. The van der Waals surface area contributed by atoms with E-state index in [0.717, 1.165) is 5.56 Å². The van der Waals surface area contributed by atoms with Crippen molar-refractivity contribution in [2.24, 2.45) is 0 Å². The van der Waals surface area contributed by atoms with Gasteiger partial charge in [-0.2, -0.15) is 0 Å². The number of benzene rings is 2. The molecule has 0 atom stereocenters. The highest BCUT2D eigenvalue weighted by Crippen LogP contribution is 2.24. The van der Waals surface area contributed by atoms with Gasteiger partial charge < -0.3 is 15.0 Å². The summed E-state index contributed by atoms with van der Waals surface area (Å²) in [5.41, 5.74) is 1.51. The largest absolute Gasteiger partial charge is 0.489 e. The highest BCUT2D eigenvalue weighted by Gasteiger charge is 2.06. The van der Waals surface area contributed by atoms with E-state index in [4.69, 9.17) is 27.9 Å². The van der Waals surface area contributed by atoms with Gasteiger partial charge in [-0.25, -0.2) is 4.79 Å². The van der Waals surface area contributed by atoms with Gasteiger partial charge in [-0.3, -0.25) is 0 Å². The van der Waals surface area contributed by atoms with Crippen LogP contribution in [0.2, 0.25) is 10.0 Å². The smallest absolute Gasteiger partial charge is 0.321 e. The Morgan fingerprint density at radius 2 is 1.95 bits per heavy atom. The van der Waals surface area contributed by atoms with Crippen LogP contribution in [0.25, 0.3) is 0 Å². The predicted octanol–water partition coefficient (Wildman–Crippen LogP) is 4.67. The van der Waals surface area contributed by atoms with Gasteiger partial charge in [0.1, 0.15) is 12.4 Å². The number of carbonyl (C=O) groups excluding carboxylic acids is 1. The van der Waals surface area contributed by atoms with E-state index in [2.05, 4.69) is 5.32 Å². The number of halogens is 2. The summed E-state index contributed by atoms with van der Waals surface area (Å²) in [5.74, 6) is 0.641. The number of nitrogens with one attached hydrogen (secondary N) is 1. The second kappa shape index (κ2) is 7.38. The number of nitrogens with zero attached hydrogens (tertiary/aromatic N) is 1. The lowest BCUT2D eigenvalue weighted by molar-refractivity contribution is 0.230. The van der Waals surface area contributed by atoms with Gasteiger partial charge in [-0.05, 0) is 24.3 Å². The van der Waals surface area contributed by atoms with Crippen molar-refractivity contribution in [3.63, 3.8) is 0 Å². The van der Waals surface area contributed by atoms with E-state index >= 15 is 0 Å². The summed E-state index contributed by atoms with van der Waals surface area (Å²) in [7, 11) is 3.36. The van der Waals surface area contributed by atoms with E-state index in [1.807, 2.05) is 18.2 Å². The van der Waals surface area contributed by atoms with Gasteiger partial charge >= 0.3 is 6.03 Å². The molecule has 0 aliphatic heterocycles. The summed E-state index contributed by atoms with van der Waals surface area (Å²) in [6.07, 6.45) is 0. The minimum atomic E-state index is -0.196. The highest BCUT2D eigenvalue weighted by molar-refractivity contribution is 6.35. The quantitative estimate of drug-likeness (QED) is 0.880. The summed E-state index contributed by atoms with van der Waals surface area (Å²) >= 11 is 12.0. The number of rotatable bonds is 4. The van der Waals surface area contributed by atoms with Crippen molar-refractivity contribution >= 4 is 34.9 Å². The zero-order valence-corrected chi connectivity index (χ0v) is 13.8. The minimum Gasteiger partial charge on any atom is -0.489 e. The van der Waals surface area contributed by atoms with Crippen LogP contribution in [0.1, 0.15) is 5.56 Å². The monoisotopic (exact) mass is 338 g/mol. The van der Waals surface area contributed by atoms with E-state index in [-0.39, 0.29) is 6.03 Å². The lowest BCUT2D eigenvalue weighted by atomic mass is 10.2. The molecule has 2 aromatic rings. The van der Waals surface area contributed by atoms with Crippen LogP contribution >= 0.6 is 23.2 Å². The van der Waals surface area contributed by atoms with Crippen LogP contribution in [-0.2, 0) is 6.61 Å². The van der Waals surface area contributed by atoms with Crippen LogP contribution in [0.4, 0.5) is 10.5 Å². The molecule has 0 saturated carbocycles. The maximum atomic E-state index is 11.6. The number of anilines is 1. The second-order valence-electron chi connectivity index (χ2n) is 4.88. The van der Waals surface area contributed by atoms with Crippen LogP contribution in [0.3, 0.4) is 0 Å². The van der Waals surface area contributed by atoms with Crippen LogP contribution in [-0.4, -0.2) is 25.0 Å². The topological polar surface area (TPSA) is 41.6 Å². The number of carbonyl (C=O) groups is 1. The first-order valence-electron chi connectivity index (χ1n) is 6.61. The molecule has 0 spiro atoms. The minimum absolute atomic E-state index is 0.196. The van der Waals surface area contributed by atoms with E-state index in [1.54, 1.807) is 38.4 Å². The molecule has 0 aliphatic carbocycles. The molecule has 0 heterocycles. The molecule has 0 unspecified atom stereocenters. The maximum absolute atomic E-state index is 11.6. The summed E-state index contributed by atoms with van der Waals surface area (Å²) in [5, 5.41) is 3.91. The van der Waals surface area contributed by atoms with E-state index < -0.39 is 0 Å². The Morgan fingerprint density at radius 3 is 2.64 bits per heavy atom. The van der Waals surface area contributed by atoms with Gasteiger partial charge in [0, 0.05) is 41.5 Å². The fraction of sp³-hybridized carbons (Fsp3) is 0.188. The van der Waals surface area contributed by atoms with Crippen LogP contribution in [0, 0.1) is 0 Å². The Kier molecular flexibility index (Phi) is 5.52. The summed E-state index contributed by atoms with van der Waals surface area (Å²) in [6.45, 7) is 0.321. The normalized spacial score (nSPS) is 10.2. The lowest BCUT2D eigenvalue weighted by Gasteiger charge is -2.13. The van der Waals surface area contributed by atoms with Crippen LogP contribution < -0.4 is 10.1 Å². The van der Waals surface area contributed by atoms with Gasteiger partial charge in [0.15, 0.2) is 0 Å². The number of hydrogen-bond acceptors (Lipinski definition) is 2. The summed E-state index contributed by atoms with van der Waals surface area (Å²) in [4.78, 5) is 13.1. The van der Waals surface area contributed by atoms with Crippen molar-refractivity contribution in [3.8, 4) is 5.75 Å².